The Morgan fingerprint density at radius 3 is 2.05 bits per heavy atom. The molecular weight excluding hydrogens is 693 g/mol. The van der Waals surface area contributed by atoms with Crippen molar-refractivity contribution in [2.45, 2.75) is 0 Å². The molecule has 0 aliphatic carbocycles. The molecule has 0 spiro atoms. The molecular formula is C49H26N4OS. The van der Waals surface area contributed by atoms with E-state index >= 15 is 0 Å². The second-order valence-corrected chi connectivity index (χ2v) is 15.4. The zero-order valence-corrected chi connectivity index (χ0v) is 29.9. The lowest BCUT2D eigenvalue weighted by molar-refractivity contribution is 0.669. The van der Waals surface area contributed by atoms with Gasteiger partial charge in [0, 0.05) is 58.4 Å². The van der Waals surface area contributed by atoms with Crippen LogP contribution in [0.3, 0.4) is 0 Å². The van der Waals surface area contributed by atoms with Crippen molar-refractivity contribution < 1.29 is 4.42 Å². The van der Waals surface area contributed by atoms with Gasteiger partial charge in [0.1, 0.15) is 11.2 Å². The third kappa shape index (κ3) is 3.98. The summed E-state index contributed by atoms with van der Waals surface area (Å²) in [5.41, 5.74) is 7.84. The van der Waals surface area contributed by atoms with E-state index in [-0.39, 0.29) is 0 Å². The van der Waals surface area contributed by atoms with Crippen molar-refractivity contribution in [3.63, 3.8) is 0 Å². The summed E-state index contributed by atoms with van der Waals surface area (Å²) >= 11 is 1.78. The first-order valence-corrected chi connectivity index (χ1v) is 19.3. The van der Waals surface area contributed by atoms with Gasteiger partial charge in [0.15, 0.2) is 17.5 Å². The summed E-state index contributed by atoms with van der Waals surface area (Å²) < 4.78 is 11.7. The number of furan rings is 1. The van der Waals surface area contributed by atoms with E-state index < -0.39 is 0 Å². The fourth-order valence-electron chi connectivity index (χ4n) is 9.02. The fraction of sp³-hybridized carbons (Fsp3) is 0. The first kappa shape index (κ1) is 29.3. The van der Waals surface area contributed by atoms with Crippen LogP contribution in [0.15, 0.2) is 162 Å². The SMILES string of the molecule is c1ccc(-c2nc(-c3cc4oc5cccc6c5c4c(c3)n3c4ccccc4c4cc5ccccc5c6c43)nc(-c3cccc4c3sc3ccccc34)n2)cc1. The fourth-order valence-corrected chi connectivity index (χ4v) is 10.2. The first-order valence-electron chi connectivity index (χ1n) is 18.4. The van der Waals surface area contributed by atoms with Crippen molar-refractivity contribution in [2.75, 3.05) is 0 Å². The Morgan fingerprint density at radius 2 is 1.15 bits per heavy atom. The van der Waals surface area contributed by atoms with Gasteiger partial charge in [0.2, 0.25) is 0 Å². The normalized spacial score (nSPS) is 12.4. The van der Waals surface area contributed by atoms with Gasteiger partial charge in [-0.2, -0.15) is 0 Å². The lowest BCUT2D eigenvalue weighted by atomic mass is 9.98. The maximum Gasteiger partial charge on any atom is 0.165 e. The quantitative estimate of drug-likeness (QED) is 0.182. The van der Waals surface area contributed by atoms with E-state index in [1.807, 2.05) is 18.2 Å². The molecule has 0 aliphatic heterocycles. The summed E-state index contributed by atoms with van der Waals surface area (Å²) in [4.78, 5) is 15.7. The average Bonchev–Trinajstić information content (AvgIpc) is 3.89. The van der Waals surface area contributed by atoms with Crippen molar-refractivity contribution in [1.29, 1.82) is 0 Å². The Balaban J connectivity index is 1.19. The van der Waals surface area contributed by atoms with Gasteiger partial charge >= 0.3 is 0 Å². The summed E-state index contributed by atoms with van der Waals surface area (Å²) in [6.07, 6.45) is 0. The summed E-state index contributed by atoms with van der Waals surface area (Å²) in [5, 5.41) is 11.9. The number of para-hydroxylation sites is 1. The van der Waals surface area contributed by atoms with Gasteiger partial charge in [-0.1, -0.05) is 115 Å². The molecule has 0 bridgehead atoms. The third-order valence-corrected chi connectivity index (χ3v) is 12.6. The van der Waals surface area contributed by atoms with Crippen LogP contribution in [0.4, 0.5) is 0 Å². The molecule has 0 saturated carbocycles. The smallest absolute Gasteiger partial charge is 0.165 e. The minimum absolute atomic E-state index is 0.594. The molecule has 5 nitrogen and oxygen atoms in total. The Bertz CT molecular complexity index is 3730. The van der Waals surface area contributed by atoms with Gasteiger partial charge in [-0.3, -0.25) is 0 Å². The summed E-state index contributed by atoms with van der Waals surface area (Å²) in [6, 6.07) is 55.9. The van der Waals surface area contributed by atoms with Crippen molar-refractivity contribution in [2.24, 2.45) is 0 Å². The van der Waals surface area contributed by atoms with E-state index in [1.165, 1.54) is 53.3 Å². The second kappa shape index (κ2) is 10.7. The second-order valence-electron chi connectivity index (χ2n) is 14.3. The topological polar surface area (TPSA) is 56.2 Å². The van der Waals surface area contributed by atoms with Gasteiger partial charge in [-0.05, 0) is 58.6 Å². The minimum atomic E-state index is 0.594. The standard InChI is InChI=1S/C49H26N4OS/c1-2-12-27(13-3-1)47-50-48(52-49(51-47)35-20-10-18-33-32-17-7-9-23-41(32)55-46(33)35)29-25-38-44-40(26-29)54-39-22-11-19-34(43(39)44)42-30-15-5-4-14-28(30)24-36-31-16-6-8-21-37(31)53(38)45(36)42/h1-26H. The van der Waals surface area contributed by atoms with E-state index in [9.17, 15) is 0 Å². The van der Waals surface area contributed by atoms with Crippen LogP contribution in [-0.4, -0.2) is 19.4 Å². The van der Waals surface area contributed by atoms with Crippen LogP contribution in [0, 0.1) is 0 Å². The lowest BCUT2D eigenvalue weighted by Crippen LogP contribution is -2.00. The van der Waals surface area contributed by atoms with Crippen LogP contribution < -0.4 is 0 Å². The largest absolute Gasteiger partial charge is 0.456 e. The third-order valence-electron chi connectivity index (χ3n) is 11.3. The van der Waals surface area contributed by atoms with E-state index in [0.717, 1.165) is 54.4 Å². The predicted molar refractivity (Wildman–Crippen MR) is 228 cm³/mol. The number of aromatic nitrogens is 4. The van der Waals surface area contributed by atoms with Crippen LogP contribution in [0.2, 0.25) is 0 Å². The lowest BCUT2D eigenvalue weighted by Gasteiger charge is -2.10. The predicted octanol–water partition coefficient (Wildman–Crippen LogP) is 13.4. The van der Waals surface area contributed by atoms with Crippen LogP contribution >= 0.6 is 11.3 Å². The maximum atomic E-state index is 6.82. The van der Waals surface area contributed by atoms with Crippen LogP contribution in [0.1, 0.15) is 0 Å². The monoisotopic (exact) mass is 718 g/mol. The molecule has 0 radical (unpaired) electrons. The molecule has 6 heteroatoms. The molecule has 8 aromatic carbocycles. The number of thiophene rings is 1. The van der Waals surface area contributed by atoms with Crippen molar-refractivity contribution in [3.05, 3.63) is 158 Å². The number of hydrogen-bond donors (Lipinski definition) is 0. The highest BCUT2D eigenvalue weighted by atomic mass is 32.1. The number of hydrogen-bond acceptors (Lipinski definition) is 5. The Morgan fingerprint density at radius 1 is 0.436 bits per heavy atom. The van der Waals surface area contributed by atoms with Crippen LogP contribution in [-0.2, 0) is 0 Å². The number of fused-ring (bicyclic) bond motifs is 10. The van der Waals surface area contributed by atoms with Gasteiger partial charge in [0.25, 0.3) is 0 Å². The number of nitrogens with zero attached hydrogens (tertiary/aromatic N) is 4. The Kier molecular flexibility index (Phi) is 5.71. The highest BCUT2D eigenvalue weighted by molar-refractivity contribution is 7.26. The van der Waals surface area contributed by atoms with Gasteiger partial charge < -0.3 is 8.82 Å². The van der Waals surface area contributed by atoms with Gasteiger partial charge in [-0.25, -0.2) is 15.0 Å². The average molecular weight is 719 g/mol. The Labute approximate surface area is 316 Å². The van der Waals surface area contributed by atoms with Crippen LogP contribution in [0.5, 0.6) is 0 Å². The molecule has 13 rings (SSSR count). The molecule has 0 N–H and O–H groups in total. The van der Waals surface area contributed by atoms with E-state index in [4.69, 9.17) is 19.4 Å². The number of rotatable bonds is 3. The summed E-state index contributed by atoms with van der Waals surface area (Å²) in [7, 11) is 0. The highest BCUT2D eigenvalue weighted by Gasteiger charge is 2.24. The molecule has 254 valence electrons. The van der Waals surface area contributed by atoms with Gasteiger partial charge in [0.05, 0.1) is 21.9 Å². The molecule has 0 atom stereocenters. The highest BCUT2D eigenvalue weighted by Crippen LogP contribution is 2.47. The molecule has 5 aromatic heterocycles. The first-order chi connectivity index (χ1) is 27.3. The molecule has 0 saturated heterocycles. The molecule has 13 aromatic rings. The van der Waals surface area contributed by atoms with E-state index in [0.29, 0.717) is 17.5 Å². The molecule has 55 heavy (non-hydrogen) atoms. The van der Waals surface area contributed by atoms with Crippen LogP contribution in [0.25, 0.3) is 125 Å². The van der Waals surface area contributed by atoms with Crippen molar-refractivity contribution in [3.8, 4) is 34.2 Å². The van der Waals surface area contributed by atoms with Crippen molar-refractivity contribution >= 4 is 102 Å². The number of benzene rings is 8. The molecule has 0 amide bonds. The van der Waals surface area contributed by atoms with Gasteiger partial charge in [-0.15, -0.1) is 11.3 Å². The molecule has 0 fully saturated rings. The summed E-state index contributed by atoms with van der Waals surface area (Å²) in [6.45, 7) is 0. The molecule has 5 heterocycles. The maximum absolute atomic E-state index is 6.82. The molecule has 0 unspecified atom stereocenters. The van der Waals surface area contributed by atoms with E-state index in [2.05, 4.69) is 144 Å². The zero-order chi connectivity index (χ0) is 35.8. The summed E-state index contributed by atoms with van der Waals surface area (Å²) in [5.74, 6) is 1.86. The van der Waals surface area contributed by atoms with Crippen molar-refractivity contribution in [1.82, 2.24) is 19.4 Å². The molecule has 0 aliphatic rings. The zero-order valence-electron chi connectivity index (χ0n) is 29.1. The van der Waals surface area contributed by atoms with E-state index in [1.54, 1.807) is 11.3 Å². The minimum Gasteiger partial charge on any atom is -0.456 e. The Hall–Kier alpha value is -7.15.